The molecule has 0 aliphatic carbocycles. The molecule has 0 amide bonds. The summed E-state index contributed by atoms with van der Waals surface area (Å²) in [5.41, 5.74) is -1.91. The van der Waals surface area contributed by atoms with Gasteiger partial charge in [-0.3, -0.25) is 23.9 Å². The summed E-state index contributed by atoms with van der Waals surface area (Å²) in [6, 6.07) is 21.8. The van der Waals surface area contributed by atoms with Crippen LogP contribution in [0.5, 0.6) is 0 Å². The maximum Gasteiger partial charge on any atom is 0.513 e. The highest BCUT2D eigenvalue weighted by Crippen LogP contribution is 2.52. The van der Waals surface area contributed by atoms with Crippen molar-refractivity contribution in [1.82, 2.24) is 14.2 Å². The van der Waals surface area contributed by atoms with Gasteiger partial charge in [0, 0.05) is 38.2 Å². The van der Waals surface area contributed by atoms with E-state index >= 15 is 0 Å². The van der Waals surface area contributed by atoms with Crippen LogP contribution in [0.1, 0.15) is 71.4 Å². The molecule has 20 nitrogen and oxygen atoms in total. The second-order valence-electron chi connectivity index (χ2n) is 18.7. The Labute approximate surface area is 414 Å². The Balaban J connectivity index is 2.07. The number of aliphatic hydroxyl groups is 1. The Kier molecular flexibility index (Phi) is 22.9. The van der Waals surface area contributed by atoms with Gasteiger partial charge in [0.1, 0.15) is 37.6 Å². The van der Waals surface area contributed by atoms with Crippen LogP contribution < -0.4 is 11.2 Å². The van der Waals surface area contributed by atoms with Crippen molar-refractivity contribution >= 4 is 45.9 Å². The molecule has 0 radical (unpaired) electrons. The molecule has 1 saturated heterocycles. The van der Waals surface area contributed by atoms with Crippen LogP contribution in [0, 0.1) is 11.3 Å². The first-order chi connectivity index (χ1) is 32.9. The lowest BCUT2D eigenvalue weighted by atomic mass is 10.0. The maximum absolute atomic E-state index is 13.9. The first-order valence-electron chi connectivity index (χ1n) is 23.2. The van der Waals surface area contributed by atoms with Crippen molar-refractivity contribution in [3.63, 3.8) is 0 Å². The molecule has 1 aliphatic heterocycles. The third-order valence-electron chi connectivity index (χ3n) is 9.84. The van der Waals surface area contributed by atoms with Gasteiger partial charge in [-0.2, -0.15) is 5.26 Å². The molecule has 70 heavy (non-hydrogen) atoms. The number of ether oxygens (including phenoxy) is 6. The summed E-state index contributed by atoms with van der Waals surface area (Å²) in [4.78, 5) is 52.2. The smallest absolute Gasteiger partial charge is 0.463 e. The van der Waals surface area contributed by atoms with Gasteiger partial charge in [-0.25, -0.2) is 9.46 Å². The van der Waals surface area contributed by atoms with Crippen molar-refractivity contribution in [2.75, 3.05) is 33.0 Å². The lowest BCUT2D eigenvalue weighted by molar-refractivity contribution is -0.320. The molecule has 1 aliphatic rings. The lowest BCUT2D eigenvalue weighted by Gasteiger charge is -2.45. The zero-order chi connectivity index (χ0) is 51.8. The van der Waals surface area contributed by atoms with Crippen LogP contribution >= 0.6 is 8.53 Å². The molecular weight excluding hydrogens is 980 g/mol. The fourth-order valence-electron chi connectivity index (χ4n) is 7.41. The highest BCUT2D eigenvalue weighted by Gasteiger charge is 2.64. The van der Waals surface area contributed by atoms with E-state index in [9.17, 15) is 29.5 Å². The Morgan fingerprint density at radius 3 is 1.76 bits per heavy atom. The average molecular weight is 1050 g/mol. The van der Waals surface area contributed by atoms with Gasteiger partial charge in [0.2, 0.25) is 0 Å². The van der Waals surface area contributed by atoms with Crippen LogP contribution in [0.3, 0.4) is 0 Å². The van der Waals surface area contributed by atoms with Crippen molar-refractivity contribution < 1.29 is 64.8 Å². The zero-order valence-electron chi connectivity index (χ0n) is 42.2. The molecule has 0 spiro atoms. The topological polar surface area (TPSA) is 238 Å². The number of aromatic nitrogens is 2. The minimum absolute atomic E-state index is 0.0154. The first-order valence-corrected chi connectivity index (χ1v) is 32.9. The van der Waals surface area contributed by atoms with Crippen molar-refractivity contribution in [2.45, 2.75) is 142 Å². The Hall–Kier alpha value is -3.81. The second kappa shape index (κ2) is 27.3. The monoisotopic (exact) mass is 1050 g/mol. The summed E-state index contributed by atoms with van der Waals surface area (Å²) in [6.45, 7) is 19.4. The minimum atomic E-state index is -4.63. The van der Waals surface area contributed by atoms with Crippen molar-refractivity contribution in [1.29, 1.82) is 5.26 Å². The molecule has 2 N–H and O–H groups in total. The van der Waals surface area contributed by atoms with Crippen LogP contribution in [0.2, 0.25) is 39.3 Å². The van der Waals surface area contributed by atoms with Crippen molar-refractivity contribution in [3.8, 4) is 6.07 Å². The Morgan fingerprint density at radius 2 is 1.31 bits per heavy atom. The molecule has 2 aromatic carbocycles. The molecule has 1 aromatic heterocycles. The lowest BCUT2D eigenvalue weighted by Crippen LogP contribution is -2.68. The number of benzene rings is 2. The van der Waals surface area contributed by atoms with Crippen molar-refractivity contribution in [2.24, 2.45) is 0 Å². The van der Waals surface area contributed by atoms with Crippen LogP contribution in [0.4, 0.5) is 0 Å². The number of hydrogen-bond acceptors (Lipinski definition) is 18. The fraction of sp³-hybridized carbons (Fsp3) is 0.587. The molecule has 2 heterocycles. The molecule has 1 fully saturated rings. The Morgan fingerprint density at radius 1 is 0.800 bits per heavy atom. The van der Waals surface area contributed by atoms with Gasteiger partial charge in [-0.05, 0) is 78.1 Å². The van der Waals surface area contributed by atoms with Crippen LogP contribution in [0.15, 0.2) is 82.5 Å². The zero-order valence-corrected chi connectivity index (χ0v) is 46.1. The van der Waals surface area contributed by atoms with E-state index in [1.807, 2.05) is 132 Å². The number of H-pyrrole nitrogens is 1. The summed E-state index contributed by atoms with van der Waals surface area (Å²) in [5.74, 6) is -1.13. The standard InChI is InChI=1S/C46H71N4O16PSi3/c1-32(2)50(33(3)4)67(60-27-19-25-47)63-40-41(62-46(58-30-28-56-34(5)51)59-31-29-57-35(6)52)43(49-26-24-38(53)48-45(49)55)61-42(40)44(54)70(65-68(7,8)9,66-69(10,11)12)64-39(36-20-15-13-16-21-36)37-22-17-14-18-23-37/h13-18,20-24,26,32-33,39-44,46,54H,19,27-31H2,1-12H3,(H,48,53,55)/t40-,41+,42-,43+,44?,67?/m0/s1. The average Bonchev–Trinajstić information content (AvgIpc) is 3.60. The number of carbonyl (C=O) groups excluding carboxylic acids is 2. The number of aliphatic hydroxyl groups excluding tert-OH is 1. The normalized spacial score (nSPS) is 18.7. The number of nitriles is 1. The number of hydrogen-bond donors (Lipinski definition) is 2. The fourth-order valence-corrected chi connectivity index (χ4v) is 19.3. The van der Waals surface area contributed by atoms with Gasteiger partial charge in [-0.15, -0.1) is 0 Å². The van der Waals surface area contributed by atoms with Gasteiger partial charge >= 0.3 is 26.4 Å². The van der Waals surface area contributed by atoms with E-state index in [0.717, 1.165) is 21.8 Å². The summed E-state index contributed by atoms with van der Waals surface area (Å²) in [6.07, 6.45) is -5.64. The van der Waals surface area contributed by atoms with E-state index in [4.69, 9.17) is 50.1 Å². The SMILES string of the molecule is CC(=O)OCCOC(OCCOC(C)=O)O[C@@H]1[C@H](OP(OCCC#N)N(C(C)C)C(C)C)[C@@H](C(O)[Si](OC(c2ccccc2)c2ccccc2)(O[Si](C)(C)C)O[Si](C)(C)C)O[C@H]1n1ccc(=O)[nH]c1=O. The molecule has 4 rings (SSSR count). The summed E-state index contributed by atoms with van der Waals surface area (Å²) >= 11 is 0. The van der Waals surface area contributed by atoms with Gasteiger partial charge in [-0.1, -0.05) is 60.7 Å². The predicted molar refractivity (Wildman–Crippen MR) is 266 cm³/mol. The van der Waals surface area contributed by atoms with Crippen molar-refractivity contribution in [3.05, 3.63) is 105 Å². The van der Waals surface area contributed by atoms with E-state index in [1.54, 1.807) is 0 Å². The molecule has 0 saturated carbocycles. The van der Waals surface area contributed by atoms with Crippen LogP contribution in [0.25, 0.3) is 0 Å². The minimum Gasteiger partial charge on any atom is -0.463 e. The second-order valence-corrected chi connectivity index (χ2v) is 32.3. The van der Waals surface area contributed by atoms with Crippen LogP contribution in [-0.2, 0) is 59.7 Å². The van der Waals surface area contributed by atoms with E-state index < -0.39 is 100 Å². The number of aromatic amines is 1. The maximum atomic E-state index is 13.9. The summed E-state index contributed by atoms with van der Waals surface area (Å²) < 4.78 is 74.2. The number of nitrogens with one attached hydrogen (secondary N) is 1. The third-order valence-corrected chi connectivity index (χ3v) is 20.8. The number of esters is 2. The number of nitrogens with zero attached hydrogens (tertiary/aromatic N) is 3. The predicted octanol–water partition coefficient (Wildman–Crippen LogP) is 6.27. The van der Waals surface area contributed by atoms with Crippen LogP contribution in [-0.4, -0.2) is 132 Å². The Bertz CT molecular complexity index is 2160. The van der Waals surface area contributed by atoms with E-state index in [-0.39, 0.29) is 51.5 Å². The highest BCUT2D eigenvalue weighted by molar-refractivity contribution is 7.44. The molecule has 0 bridgehead atoms. The third kappa shape index (κ3) is 18.0. The first kappa shape index (κ1) is 58.8. The van der Waals surface area contributed by atoms with Gasteiger partial charge < -0.3 is 55.2 Å². The van der Waals surface area contributed by atoms with E-state index in [2.05, 4.69) is 11.1 Å². The summed E-state index contributed by atoms with van der Waals surface area (Å²) in [5, 5.41) is 23.3. The quantitative estimate of drug-likeness (QED) is 0.0256. The molecular formula is C46H71N4O16PSi3. The highest BCUT2D eigenvalue weighted by atomic mass is 31.2. The summed E-state index contributed by atoms with van der Waals surface area (Å²) in [7, 11) is -12.4. The molecule has 2 unspecified atom stereocenters. The van der Waals surface area contributed by atoms with Gasteiger partial charge in [0.15, 0.2) is 28.6 Å². The van der Waals surface area contributed by atoms with E-state index in [0.29, 0.717) is 0 Å². The molecule has 388 valence electrons. The van der Waals surface area contributed by atoms with Gasteiger partial charge in [0.05, 0.1) is 32.3 Å². The van der Waals surface area contributed by atoms with Gasteiger partial charge in [0.25, 0.3) is 20.6 Å². The number of rotatable bonds is 29. The molecule has 3 aromatic rings. The van der Waals surface area contributed by atoms with E-state index in [1.165, 1.54) is 20.0 Å². The molecule has 6 atom stereocenters. The number of carbonyl (C=O) groups is 2. The largest absolute Gasteiger partial charge is 0.513 e. The molecule has 24 heteroatoms.